The second-order valence-corrected chi connectivity index (χ2v) is 3.36. The maximum absolute atomic E-state index is 11.5. The quantitative estimate of drug-likeness (QED) is 0.624. The summed E-state index contributed by atoms with van der Waals surface area (Å²) in [7, 11) is 0. The molecule has 2 unspecified atom stereocenters. The average molecular weight is 162 g/mol. The van der Waals surface area contributed by atoms with Crippen LogP contribution < -0.4 is 5.32 Å². The topological polar surface area (TPSA) is 31.9 Å². The predicted molar refractivity (Wildman–Crippen MR) is 47.6 cm³/mol. The minimum absolute atomic E-state index is 0.308. The highest BCUT2D eigenvalue weighted by molar-refractivity contribution is 5.54. The monoisotopic (exact) mass is 162 g/mol. The predicted octanol–water partition coefficient (Wildman–Crippen LogP) is 2.36. The smallest absolute Gasteiger partial charge is 0.122 e. The van der Waals surface area contributed by atoms with Crippen LogP contribution in [-0.4, -0.2) is 6.04 Å². The van der Waals surface area contributed by atoms with Gasteiger partial charge in [-0.25, -0.2) is 5.11 Å². The molecule has 0 saturated carbocycles. The fraction of sp³-hybridized carbons (Fsp3) is 0.400. The summed E-state index contributed by atoms with van der Waals surface area (Å²) in [6.07, 6.45) is 0.147. The van der Waals surface area contributed by atoms with Gasteiger partial charge in [-0.05, 0) is 13.0 Å². The van der Waals surface area contributed by atoms with Crippen molar-refractivity contribution in [2.24, 2.45) is 0 Å². The fourth-order valence-electron chi connectivity index (χ4n) is 1.68. The summed E-state index contributed by atoms with van der Waals surface area (Å²) in [5.74, 6) is 0. The molecule has 1 N–H and O–H groups in total. The molecule has 2 atom stereocenters. The van der Waals surface area contributed by atoms with E-state index in [9.17, 15) is 5.11 Å². The molecule has 0 fully saturated rings. The molecule has 2 rings (SSSR count). The number of nitrogens with one attached hydrogen (secondary N) is 1. The Morgan fingerprint density at radius 3 is 3.00 bits per heavy atom. The Labute approximate surface area is 72.2 Å². The minimum Gasteiger partial charge on any atom is -0.382 e. The molecular formula is C10H12NO. The number of benzene rings is 1. The molecule has 1 radical (unpaired) electrons. The summed E-state index contributed by atoms with van der Waals surface area (Å²) in [6.45, 7) is 2.04. The molecule has 1 aromatic carbocycles. The van der Waals surface area contributed by atoms with Crippen LogP contribution in [0, 0.1) is 0 Å². The van der Waals surface area contributed by atoms with E-state index >= 15 is 0 Å². The van der Waals surface area contributed by atoms with Gasteiger partial charge in [-0.15, -0.1) is 0 Å². The molecule has 1 aliphatic rings. The minimum atomic E-state index is -0.544. The van der Waals surface area contributed by atoms with E-state index in [1.54, 1.807) is 0 Å². The van der Waals surface area contributed by atoms with Gasteiger partial charge in [-0.1, -0.05) is 18.2 Å². The molecule has 1 aliphatic heterocycles. The zero-order valence-electron chi connectivity index (χ0n) is 7.08. The summed E-state index contributed by atoms with van der Waals surface area (Å²) in [6, 6.07) is 8.06. The highest BCUT2D eigenvalue weighted by atomic mass is 16.3. The molecule has 0 aliphatic carbocycles. The molecule has 12 heavy (non-hydrogen) atoms. The summed E-state index contributed by atoms with van der Waals surface area (Å²) in [5, 5.41) is 14.8. The van der Waals surface area contributed by atoms with Crippen molar-refractivity contribution >= 4 is 5.69 Å². The van der Waals surface area contributed by atoms with Crippen LogP contribution in [0.15, 0.2) is 24.3 Å². The zero-order chi connectivity index (χ0) is 8.55. The first-order valence-electron chi connectivity index (χ1n) is 4.28. The van der Waals surface area contributed by atoms with Crippen molar-refractivity contribution < 1.29 is 5.11 Å². The lowest BCUT2D eigenvalue weighted by Gasteiger charge is -2.26. The van der Waals surface area contributed by atoms with Crippen molar-refractivity contribution in [1.82, 2.24) is 0 Å². The van der Waals surface area contributed by atoms with Crippen LogP contribution in [0.3, 0.4) is 0 Å². The third kappa shape index (κ3) is 1.18. The largest absolute Gasteiger partial charge is 0.382 e. The van der Waals surface area contributed by atoms with Crippen LogP contribution in [0.25, 0.3) is 0 Å². The lowest BCUT2D eigenvalue weighted by molar-refractivity contribution is 0.0749. The van der Waals surface area contributed by atoms with Crippen LogP contribution >= 0.6 is 0 Å². The molecular weight excluding hydrogens is 150 g/mol. The number of hydrogen-bond acceptors (Lipinski definition) is 1. The van der Waals surface area contributed by atoms with Crippen molar-refractivity contribution in [2.45, 2.75) is 25.5 Å². The Kier molecular flexibility index (Phi) is 1.77. The number of fused-ring (bicyclic) bond motifs is 1. The van der Waals surface area contributed by atoms with Gasteiger partial charge >= 0.3 is 0 Å². The molecule has 0 amide bonds. The molecule has 0 spiro atoms. The number of rotatable bonds is 0. The summed E-state index contributed by atoms with van der Waals surface area (Å²) in [4.78, 5) is 0. The summed E-state index contributed by atoms with van der Waals surface area (Å²) >= 11 is 0. The highest BCUT2D eigenvalue weighted by Gasteiger charge is 2.22. The first kappa shape index (κ1) is 7.62. The molecule has 63 valence electrons. The third-order valence-corrected chi connectivity index (χ3v) is 2.28. The lowest BCUT2D eigenvalue weighted by atomic mass is 9.96. The lowest BCUT2D eigenvalue weighted by Crippen LogP contribution is -2.24. The normalized spacial score (nSPS) is 27.5. The van der Waals surface area contributed by atoms with Crippen LogP contribution in [-0.2, 0) is 5.11 Å². The Bertz CT molecular complexity index is 285. The van der Waals surface area contributed by atoms with Crippen molar-refractivity contribution in [2.75, 3.05) is 5.32 Å². The van der Waals surface area contributed by atoms with Crippen LogP contribution in [0.5, 0.6) is 0 Å². The first-order chi connectivity index (χ1) is 5.77. The van der Waals surface area contributed by atoms with Gasteiger partial charge in [0.1, 0.15) is 6.10 Å². The standard InChI is InChI=1S/C10H12NO/c1-7-6-10(12)8-4-2-3-5-9(8)11-7/h2-5,7,10-11H,6H2,1H3. The van der Waals surface area contributed by atoms with Gasteiger partial charge in [0.15, 0.2) is 0 Å². The highest BCUT2D eigenvalue weighted by Crippen LogP contribution is 2.32. The Balaban J connectivity index is 2.40. The zero-order valence-corrected chi connectivity index (χ0v) is 7.08. The van der Waals surface area contributed by atoms with E-state index in [-0.39, 0.29) is 0 Å². The van der Waals surface area contributed by atoms with E-state index in [1.807, 2.05) is 31.2 Å². The Morgan fingerprint density at radius 2 is 2.17 bits per heavy atom. The molecule has 2 nitrogen and oxygen atoms in total. The van der Waals surface area contributed by atoms with E-state index < -0.39 is 6.10 Å². The molecule has 0 aromatic heterocycles. The van der Waals surface area contributed by atoms with Gasteiger partial charge in [-0.2, -0.15) is 0 Å². The number of anilines is 1. The maximum Gasteiger partial charge on any atom is 0.122 e. The van der Waals surface area contributed by atoms with Gasteiger partial charge in [0.2, 0.25) is 0 Å². The first-order valence-corrected chi connectivity index (χ1v) is 4.28. The van der Waals surface area contributed by atoms with Crippen molar-refractivity contribution in [3.8, 4) is 0 Å². The third-order valence-electron chi connectivity index (χ3n) is 2.28. The summed E-state index contributed by atoms with van der Waals surface area (Å²) in [5.41, 5.74) is 1.92. The Hall–Kier alpha value is -1.02. The average Bonchev–Trinajstić information content (AvgIpc) is 2.04. The van der Waals surface area contributed by atoms with Crippen molar-refractivity contribution in [3.63, 3.8) is 0 Å². The molecule has 1 heterocycles. The van der Waals surface area contributed by atoms with E-state index in [0.717, 1.165) is 11.3 Å². The molecule has 0 bridgehead atoms. The summed E-state index contributed by atoms with van der Waals surface area (Å²) < 4.78 is 0. The Morgan fingerprint density at radius 1 is 1.42 bits per heavy atom. The van der Waals surface area contributed by atoms with Gasteiger partial charge in [-0.3, -0.25) is 0 Å². The maximum atomic E-state index is 11.5. The van der Waals surface area contributed by atoms with E-state index in [2.05, 4.69) is 5.32 Å². The van der Waals surface area contributed by atoms with Crippen molar-refractivity contribution in [3.05, 3.63) is 29.8 Å². The van der Waals surface area contributed by atoms with Crippen LogP contribution in [0.2, 0.25) is 0 Å². The van der Waals surface area contributed by atoms with E-state index in [0.29, 0.717) is 12.5 Å². The molecule has 1 aromatic rings. The van der Waals surface area contributed by atoms with Crippen LogP contribution in [0.4, 0.5) is 5.69 Å². The number of hydrogen-bond donors (Lipinski definition) is 1. The van der Waals surface area contributed by atoms with Gasteiger partial charge in [0, 0.05) is 23.7 Å². The van der Waals surface area contributed by atoms with E-state index in [4.69, 9.17) is 0 Å². The van der Waals surface area contributed by atoms with Gasteiger partial charge in [0.25, 0.3) is 0 Å². The molecule has 0 saturated heterocycles. The second kappa shape index (κ2) is 2.79. The van der Waals surface area contributed by atoms with Crippen LogP contribution in [0.1, 0.15) is 25.0 Å². The van der Waals surface area contributed by atoms with Gasteiger partial charge in [0.05, 0.1) is 0 Å². The molecule has 2 heteroatoms. The second-order valence-electron chi connectivity index (χ2n) is 3.36. The fourth-order valence-corrected chi connectivity index (χ4v) is 1.68. The van der Waals surface area contributed by atoms with Crippen molar-refractivity contribution in [1.29, 1.82) is 0 Å². The number of para-hydroxylation sites is 1. The van der Waals surface area contributed by atoms with Gasteiger partial charge < -0.3 is 5.32 Å². The SMILES string of the molecule is CC1CC([O])c2ccccc2N1. The van der Waals surface area contributed by atoms with E-state index in [1.165, 1.54) is 0 Å².